The molecule has 0 fully saturated rings. The van der Waals surface area contributed by atoms with Gasteiger partial charge in [-0.2, -0.15) is 0 Å². The van der Waals surface area contributed by atoms with Gasteiger partial charge in [-0.3, -0.25) is 0 Å². The molecule has 0 N–H and O–H groups in total. The summed E-state index contributed by atoms with van der Waals surface area (Å²) in [5.41, 5.74) is 0.894. The van der Waals surface area contributed by atoms with Crippen molar-refractivity contribution in [1.82, 2.24) is 0 Å². The number of esters is 1. The number of unbranched alkanes of at least 4 members (excludes halogenated alkanes) is 6. The highest BCUT2D eigenvalue weighted by Crippen LogP contribution is 2.14. The van der Waals surface area contributed by atoms with Gasteiger partial charge >= 0.3 is 5.97 Å². The minimum Gasteiger partial charge on any atom is -0.462 e. The minimum atomic E-state index is -0.0936. The van der Waals surface area contributed by atoms with E-state index < -0.39 is 0 Å². The van der Waals surface area contributed by atoms with E-state index >= 15 is 0 Å². The highest BCUT2D eigenvalue weighted by atomic mass is 16.5. The topological polar surface area (TPSA) is 26.3 Å². The highest BCUT2D eigenvalue weighted by Gasteiger charge is 2.09. The Morgan fingerprint density at radius 2 is 1.58 bits per heavy atom. The predicted octanol–water partition coefficient (Wildman–Crippen LogP) is 5.42. The molecular formula is C17H32O2. The number of allylic oxidation sites excluding steroid dienone is 1. The Balaban J connectivity index is 3.96. The van der Waals surface area contributed by atoms with Crippen LogP contribution < -0.4 is 0 Å². The standard InChI is InChI=1S/C17H32O2/c1-4-7-9-10-11-12-14-16(13-8-5-2)17(18)19-15-6-3/h13H,4-12,14-15H2,1-3H3. The van der Waals surface area contributed by atoms with Crippen LogP contribution in [0.4, 0.5) is 0 Å². The van der Waals surface area contributed by atoms with Crippen molar-refractivity contribution < 1.29 is 9.53 Å². The predicted molar refractivity (Wildman–Crippen MR) is 82.2 cm³/mol. The Morgan fingerprint density at radius 1 is 0.895 bits per heavy atom. The van der Waals surface area contributed by atoms with E-state index in [1.54, 1.807) is 0 Å². The monoisotopic (exact) mass is 268 g/mol. The van der Waals surface area contributed by atoms with Gasteiger partial charge in [0.05, 0.1) is 6.61 Å². The summed E-state index contributed by atoms with van der Waals surface area (Å²) in [5, 5.41) is 0. The second kappa shape index (κ2) is 13.6. The van der Waals surface area contributed by atoms with Crippen molar-refractivity contribution in [2.45, 2.75) is 85.0 Å². The maximum Gasteiger partial charge on any atom is 0.333 e. The van der Waals surface area contributed by atoms with E-state index in [1.165, 1.54) is 32.1 Å². The number of carbonyl (C=O) groups is 1. The van der Waals surface area contributed by atoms with Gasteiger partial charge < -0.3 is 4.74 Å². The molecule has 0 aromatic heterocycles. The fourth-order valence-electron chi connectivity index (χ4n) is 1.99. The van der Waals surface area contributed by atoms with E-state index in [2.05, 4.69) is 19.9 Å². The molecule has 0 atom stereocenters. The quantitative estimate of drug-likeness (QED) is 0.268. The lowest BCUT2D eigenvalue weighted by Crippen LogP contribution is -2.09. The highest BCUT2D eigenvalue weighted by molar-refractivity contribution is 5.88. The van der Waals surface area contributed by atoms with Crippen molar-refractivity contribution in [2.75, 3.05) is 6.61 Å². The second-order valence-corrected chi connectivity index (χ2v) is 5.17. The molecule has 0 saturated carbocycles. The summed E-state index contributed by atoms with van der Waals surface area (Å²) in [6.45, 7) is 6.93. The molecule has 0 aliphatic heterocycles. The van der Waals surface area contributed by atoms with Gasteiger partial charge in [0.25, 0.3) is 0 Å². The third-order valence-electron chi connectivity index (χ3n) is 3.18. The largest absolute Gasteiger partial charge is 0.462 e. The molecule has 0 rings (SSSR count). The molecule has 0 unspecified atom stereocenters. The molecule has 0 amide bonds. The molecule has 112 valence electrons. The van der Waals surface area contributed by atoms with E-state index in [1.807, 2.05) is 6.92 Å². The molecule has 2 nitrogen and oxygen atoms in total. The SMILES string of the molecule is CCCC=C(CCCCCCCC)C(=O)OCCC. The molecule has 19 heavy (non-hydrogen) atoms. The van der Waals surface area contributed by atoms with Crippen molar-refractivity contribution in [3.8, 4) is 0 Å². The molecule has 0 aliphatic carbocycles. The molecular weight excluding hydrogens is 236 g/mol. The first-order chi connectivity index (χ1) is 9.26. The van der Waals surface area contributed by atoms with Crippen molar-refractivity contribution in [2.24, 2.45) is 0 Å². The average Bonchev–Trinajstić information content (AvgIpc) is 2.43. The lowest BCUT2D eigenvalue weighted by molar-refractivity contribution is -0.139. The molecule has 0 aromatic rings. The van der Waals surface area contributed by atoms with Crippen molar-refractivity contribution in [1.29, 1.82) is 0 Å². The van der Waals surface area contributed by atoms with Crippen LogP contribution in [0, 0.1) is 0 Å². The van der Waals surface area contributed by atoms with Crippen LogP contribution in [0.25, 0.3) is 0 Å². The van der Waals surface area contributed by atoms with Crippen molar-refractivity contribution in [3.63, 3.8) is 0 Å². The summed E-state index contributed by atoms with van der Waals surface area (Å²) in [7, 11) is 0. The Kier molecular flexibility index (Phi) is 13.1. The summed E-state index contributed by atoms with van der Waals surface area (Å²) in [6.07, 6.45) is 13.5. The minimum absolute atomic E-state index is 0.0936. The zero-order chi connectivity index (χ0) is 14.3. The van der Waals surface area contributed by atoms with Crippen LogP contribution in [-0.2, 0) is 9.53 Å². The lowest BCUT2D eigenvalue weighted by Gasteiger charge is -2.08. The molecule has 0 aliphatic rings. The number of hydrogen-bond donors (Lipinski definition) is 0. The first kappa shape index (κ1) is 18.2. The number of hydrogen-bond acceptors (Lipinski definition) is 2. The smallest absolute Gasteiger partial charge is 0.333 e. The van der Waals surface area contributed by atoms with Crippen LogP contribution in [0.2, 0.25) is 0 Å². The Bertz CT molecular complexity index is 244. The van der Waals surface area contributed by atoms with Gasteiger partial charge in [0.15, 0.2) is 0 Å². The maximum absolute atomic E-state index is 11.9. The maximum atomic E-state index is 11.9. The van der Waals surface area contributed by atoms with Gasteiger partial charge in [0.1, 0.15) is 0 Å². The first-order valence-corrected chi connectivity index (χ1v) is 8.12. The normalized spacial score (nSPS) is 11.6. The fourth-order valence-corrected chi connectivity index (χ4v) is 1.99. The second-order valence-electron chi connectivity index (χ2n) is 5.17. The van der Waals surface area contributed by atoms with Crippen LogP contribution in [0.1, 0.15) is 85.0 Å². The zero-order valence-electron chi connectivity index (χ0n) is 13.2. The van der Waals surface area contributed by atoms with Gasteiger partial charge in [-0.05, 0) is 25.7 Å². The van der Waals surface area contributed by atoms with Crippen molar-refractivity contribution in [3.05, 3.63) is 11.6 Å². The van der Waals surface area contributed by atoms with Crippen LogP contribution in [0.3, 0.4) is 0 Å². The van der Waals surface area contributed by atoms with E-state index in [9.17, 15) is 4.79 Å². The molecule has 2 heteroatoms. The van der Waals surface area contributed by atoms with Gasteiger partial charge in [-0.15, -0.1) is 0 Å². The van der Waals surface area contributed by atoms with Crippen molar-refractivity contribution >= 4 is 5.97 Å². The van der Waals surface area contributed by atoms with Crippen LogP contribution in [0.15, 0.2) is 11.6 Å². The van der Waals surface area contributed by atoms with E-state index in [0.29, 0.717) is 6.61 Å². The number of ether oxygens (including phenoxy) is 1. The van der Waals surface area contributed by atoms with E-state index in [0.717, 1.165) is 37.7 Å². The Morgan fingerprint density at radius 3 is 2.21 bits per heavy atom. The summed E-state index contributed by atoms with van der Waals surface area (Å²) >= 11 is 0. The fraction of sp³-hybridized carbons (Fsp3) is 0.824. The molecule has 0 radical (unpaired) electrons. The molecule has 0 heterocycles. The Labute approximate surface area is 119 Å². The Hall–Kier alpha value is -0.790. The van der Waals surface area contributed by atoms with E-state index in [4.69, 9.17) is 4.74 Å². The van der Waals surface area contributed by atoms with E-state index in [-0.39, 0.29) is 5.97 Å². The average molecular weight is 268 g/mol. The molecule has 0 saturated heterocycles. The summed E-state index contributed by atoms with van der Waals surface area (Å²) in [4.78, 5) is 11.9. The van der Waals surface area contributed by atoms with Crippen LogP contribution in [-0.4, -0.2) is 12.6 Å². The molecule has 0 bridgehead atoms. The third-order valence-corrected chi connectivity index (χ3v) is 3.18. The summed E-state index contributed by atoms with van der Waals surface area (Å²) in [5.74, 6) is -0.0936. The van der Waals surface area contributed by atoms with Gasteiger partial charge in [0, 0.05) is 5.57 Å². The van der Waals surface area contributed by atoms with Gasteiger partial charge in [-0.25, -0.2) is 4.79 Å². The number of rotatable bonds is 12. The van der Waals surface area contributed by atoms with Gasteiger partial charge in [0.2, 0.25) is 0 Å². The van der Waals surface area contributed by atoms with Crippen LogP contribution in [0.5, 0.6) is 0 Å². The summed E-state index contributed by atoms with van der Waals surface area (Å²) < 4.78 is 5.24. The zero-order valence-corrected chi connectivity index (χ0v) is 13.2. The molecule has 0 aromatic carbocycles. The summed E-state index contributed by atoms with van der Waals surface area (Å²) in [6, 6.07) is 0. The number of carbonyl (C=O) groups excluding carboxylic acids is 1. The third kappa shape index (κ3) is 10.8. The lowest BCUT2D eigenvalue weighted by atomic mass is 10.0. The first-order valence-electron chi connectivity index (χ1n) is 8.12. The van der Waals surface area contributed by atoms with Gasteiger partial charge in [-0.1, -0.05) is 65.4 Å². The van der Waals surface area contributed by atoms with Crippen LogP contribution >= 0.6 is 0 Å². The molecule has 0 spiro atoms.